The third-order valence-corrected chi connectivity index (χ3v) is 3.91. The van der Waals surface area contributed by atoms with Gasteiger partial charge >= 0.3 is 0 Å². The lowest BCUT2D eigenvalue weighted by molar-refractivity contribution is -0.121. The lowest BCUT2D eigenvalue weighted by Crippen LogP contribution is -2.50. The van der Waals surface area contributed by atoms with Crippen LogP contribution >= 0.6 is 11.6 Å². The van der Waals surface area contributed by atoms with Crippen molar-refractivity contribution in [3.8, 4) is 0 Å². The first kappa shape index (κ1) is 14.1. The highest BCUT2D eigenvalue weighted by Crippen LogP contribution is 2.28. The Morgan fingerprint density at radius 1 is 1.43 bits per heavy atom. The van der Waals surface area contributed by atoms with Crippen molar-refractivity contribution in [2.75, 3.05) is 11.4 Å². The average molecular weight is 306 g/mol. The molecule has 1 fully saturated rings. The van der Waals surface area contributed by atoms with Gasteiger partial charge in [0.05, 0.1) is 22.4 Å². The number of amides is 1. The molecule has 1 amide bonds. The van der Waals surface area contributed by atoms with E-state index in [-0.39, 0.29) is 11.9 Å². The number of rotatable bonds is 4. The maximum Gasteiger partial charge on any atom is 0.244 e. The van der Waals surface area contributed by atoms with E-state index in [0.29, 0.717) is 18.1 Å². The monoisotopic (exact) mass is 305 g/mol. The van der Waals surface area contributed by atoms with Gasteiger partial charge in [-0.15, -0.1) is 0 Å². The van der Waals surface area contributed by atoms with Crippen molar-refractivity contribution >= 4 is 23.2 Å². The van der Waals surface area contributed by atoms with Gasteiger partial charge in [0, 0.05) is 13.1 Å². The van der Waals surface area contributed by atoms with Crippen LogP contribution in [0.1, 0.15) is 18.5 Å². The van der Waals surface area contributed by atoms with Crippen LogP contribution in [-0.4, -0.2) is 23.5 Å². The van der Waals surface area contributed by atoms with E-state index in [1.54, 1.807) is 17.2 Å². The van der Waals surface area contributed by atoms with Crippen LogP contribution in [-0.2, 0) is 11.3 Å². The molecule has 1 unspecified atom stereocenters. The lowest BCUT2D eigenvalue weighted by Gasteiger charge is -2.33. The molecule has 0 saturated carbocycles. The molecule has 1 aromatic carbocycles. The van der Waals surface area contributed by atoms with Gasteiger partial charge in [0.15, 0.2) is 6.39 Å². The smallest absolute Gasteiger partial charge is 0.244 e. The number of nitrogens with one attached hydrogen (secondary N) is 1. The molecule has 1 aliphatic heterocycles. The first-order chi connectivity index (χ1) is 10.3. The molecule has 0 bridgehead atoms. The highest BCUT2D eigenvalue weighted by atomic mass is 35.5. The molecule has 0 radical (unpaired) electrons. The third kappa shape index (κ3) is 3.09. The summed E-state index contributed by atoms with van der Waals surface area (Å²) < 4.78 is 4.92. The van der Waals surface area contributed by atoms with Gasteiger partial charge in [0.1, 0.15) is 6.26 Å². The average Bonchev–Trinajstić information content (AvgIpc) is 3.00. The van der Waals surface area contributed by atoms with E-state index in [4.69, 9.17) is 16.0 Å². The highest BCUT2D eigenvalue weighted by Gasteiger charge is 2.30. The number of hydrogen-bond donors (Lipinski definition) is 1. The molecule has 6 heteroatoms. The zero-order valence-corrected chi connectivity index (χ0v) is 12.2. The standard InChI is InChI=1S/C15H16ClN3O2/c16-12-4-1-2-6-14(12)19-7-3-5-13(15(19)20)17-8-11-9-21-10-18-11/h1-2,4,6,9-10,13,17H,3,5,7-8H2. The van der Waals surface area contributed by atoms with Crippen molar-refractivity contribution in [1.82, 2.24) is 10.3 Å². The molecule has 2 aromatic rings. The summed E-state index contributed by atoms with van der Waals surface area (Å²) >= 11 is 6.19. The maximum absolute atomic E-state index is 12.6. The fraction of sp³-hybridized carbons (Fsp3) is 0.333. The minimum Gasteiger partial charge on any atom is -0.451 e. The molecule has 1 saturated heterocycles. The van der Waals surface area contributed by atoms with Crippen LogP contribution < -0.4 is 10.2 Å². The number of nitrogens with zero attached hydrogens (tertiary/aromatic N) is 2. The number of hydrogen-bond acceptors (Lipinski definition) is 4. The molecule has 110 valence electrons. The lowest BCUT2D eigenvalue weighted by atomic mass is 10.0. The van der Waals surface area contributed by atoms with Gasteiger partial charge in [0.2, 0.25) is 5.91 Å². The number of benzene rings is 1. The van der Waals surface area contributed by atoms with Crippen LogP contribution in [0.25, 0.3) is 0 Å². The SMILES string of the molecule is O=C1C(NCc2cocn2)CCCN1c1ccccc1Cl. The van der Waals surface area contributed by atoms with Crippen LogP contribution in [0.3, 0.4) is 0 Å². The predicted octanol–water partition coefficient (Wildman–Crippen LogP) is 2.61. The van der Waals surface area contributed by atoms with Gasteiger partial charge in [-0.3, -0.25) is 4.79 Å². The predicted molar refractivity (Wildman–Crippen MR) is 80.2 cm³/mol. The summed E-state index contributed by atoms with van der Waals surface area (Å²) in [6.45, 7) is 1.22. The van der Waals surface area contributed by atoms with E-state index in [1.165, 1.54) is 6.39 Å². The molecule has 5 nitrogen and oxygen atoms in total. The van der Waals surface area contributed by atoms with Crippen molar-refractivity contribution in [1.29, 1.82) is 0 Å². The summed E-state index contributed by atoms with van der Waals surface area (Å²) in [4.78, 5) is 18.4. The quantitative estimate of drug-likeness (QED) is 0.943. The van der Waals surface area contributed by atoms with E-state index in [2.05, 4.69) is 10.3 Å². The van der Waals surface area contributed by atoms with Crippen molar-refractivity contribution in [2.45, 2.75) is 25.4 Å². The molecule has 0 aliphatic carbocycles. The van der Waals surface area contributed by atoms with E-state index in [9.17, 15) is 4.79 Å². The Morgan fingerprint density at radius 3 is 3.05 bits per heavy atom. The molecule has 2 heterocycles. The fourth-order valence-electron chi connectivity index (χ4n) is 2.53. The van der Waals surface area contributed by atoms with Gasteiger partial charge in [0.25, 0.3) is 0 Å². The van der Waals surface area contributed by atoms with Gasteiger partial charge in [-0.1, -0.05) is 23.7 Å². The first-order valence-electron chi connectivity index (χ1n) is 6.92. The number of piperidine rings is 1. The second-order valence-electron chi connectivity index (χ2n) is 5.00. The van der Waals surface area contributed by atoms with E-state index in [1.807, 2.05) is 18.2 Å². The van der Waals surface area contributed by atoms with Crippen molar-refractivity contribution in [3.63, 3.8) is 0 Å². The third-order valence-electron chi connectivity index (χ3n) is 3.59. The van der Waals surface area contributed by atoms with Gasteiger partial charge in [-0.2, -0.15) is 0 Å². The van der Waals surface area contributed by atoms with E-state index in [0.717, 1.165) is 24.2 Å². The molecule has 1 aliphatic rings. The summed E-state index contributed by atoms with van der Waals surface area (Å²) in [7, 11) is 0. The molecule has 21 heavy (non-hydrogen) atoms. The maximum atomic E-state index is 12.6. The normalized spacial score (nSPS) is 19.0. The number of oxazole rings is 1. The Labute approximate surface area is 127 Å². The van der Waals surface area contributed by atoms with Crippen molar-refractivity contribution < 1.29 is 9.21 Å². The highest BCUT2D eigenvalue weighted by molar-refractivity contribution is 6.33. The summed E-state index contributed by atoms with van der Waals surface area (Å²) in [6, 6.07) is 7.21. The topological polar surface area (TPSA) is 58.4 Å². The van der Waals surface area contributed by atoms with Crippen LogP contribution in [0.4, 0.5) is 5.69 Å². The second-order valence-corrected chi connectivity index (χ2v) is 5.40. The second kappa shape index (κ2) is 6.28. The number of carbonyl (C=O) groups is 1. The fourth-order valence-corrected chi connectivity index (χ4v) is 2.76. The largest absolute Gasteiger partial charge is 0.451 e. The summed E-state index contributed by atoms with van der Waals surface area (Å²) in [5.41, 5.74) is 1.56. The van der Waals surface area contributed by atoms with E-state index >= 15 is 0 Å². The Hall–Kier alpha value is -1.85. The molecular formula is C15H16ClN3O2. The Bertz CT molecular complexity index is 615. The minimum absolute atomic E-state index is 0.0536. The summed E-state index contributed by atoms with van der Waals surface area (Å²) in [5, 5.41) is 3.84. The molecule has 1 atom stereocenters. The summed E-state index contributed by atoms with van der Waals surface area (Å²) in [5.74, 6) is 0.0536. The zero-order chi connectivity index (χ0) is 14.7. The van der Waals surface area contributed by atoms with Crippen LogP contribution in [0.15, 0.2) is 41.3 Å². The van der Waals surface area contributed by atoms with Crippen molar-refractivity contribution in [3.05, 3.63) is 47.6 Å². The number of para-hydroxylation sites is 1. The van der Waals surface area contributed by atoms with Gasteiger partial charge in [-0.05, 0) is 25.0 Å². The number of aromatic nitrogens is 1. The Morgan fingerprint density at radius 2 is 2.29 bits per heavy atom. The Balaban J connectivity index is 1.70. The van der Waals surface area contributed by atoms with Crippen LogP contribution in [0.5, 0.6) is 0 Å². The minimum atomic E-state index is -0.216. The van der Waals surface area contributed by atoms with Gasteiger partial charge in [-0.25, -0.2) is 4.98 Å². The van der Waals surface area contributed by atoms with Crippen molar-refractivity contribution in [2.24, 2.45) is 0 Å². The number of halogens is 1. The number of carbonyl (C=O) groups excluding carboxylic acids is 1. The zero-order valence-electron chi connectivity index (χ0n) is 11.5. The van der Waals surface area contributed by atoms with Crippen LogP contribution in [0.2, 0.25) is 5.02 Å². The first-order valence-corrected chi connectivity index (χ1v) is 7.30. The number of anilines is 1. The Kier molecular flexibility index (Phi) is 4.22. The van der Waals surface area contributed by atoms with E-state index < -0.39 is 0 Å². The summed E-state index contributed by atoms with van der Waals surface area (Å²) in [6.07, 6.45) is 4.72. The molecule has 3 rings (SSSR count). The van der Waals surface area contributed by atoms with Crippen LogP contribution in [0, 0.1) is 0 Å². The molecular weight excluding hydrogens is 290 g/mol. The molecule has 1 aromatic heterocycles. The molecule has 1 N–H and O–H groups in total. The molecule has 0 spiro atoms. The van der Waals surface area contributed by atoms with Gasteiger partial charge < -0.3 is 14.6 Å².